The largest absolute Gasteiger partial charge is 0.342 e. The number of thioether (sulfide) groups is 1. The summed E-state index contributed by atoms with van der Waals surface area (Å²) in [6, 6.07) is 9.37. The third kappa shape index (κ3) is 4.90. The smallest absolute Gasteiger partial charge is 0.233 e. The zero-order chi connectivity index (χ0) is 20.9. The van der Waals surface area contributed by atoms with E-state index in [1.54, 1.807) is 11.8 Å². The zero-order valence-corrected chi connectivity index (χ0v) is 19.2. The van der Waals surface area contributed by atoms with Crippen molar-refractivity contribution < 1.29 is 4.79 Å². The maximum absolute atomic E-state index is 12.9. The van der Waals surface area contributed by atoms with E-state index in [1.165, 1.54) is 56.9 Å². The summed E-state index contributed by atoms with van der Waals surface area (Å²) in [7, 11) is 1.97. The Morgan fingerprint density at radius 1 is 1.00 bits per heavy atom. The fraction of sp³-hybridized carbons (Fsp3) is 0.625. The van der Waals surface area contributed by atoms with E-state index in [1.807, 2.05) is 11.9 Å². The molecule has 0 aliphatic heterocycles. The number of nitrogens with zero attached hydrogens (tertiary/aromatic N) is 4. The van der Waals surface area contributed by atoms with Crippen LogP contribution in [0.4, 0.5) is 0 Å². The van der Waals surface area contributed by atoms with Crippen molar-refractivity contribution >= 4 is 17.7 Å². The van der Waals surface area contributed by atoms with Gasteiger partial charge in [-0.1, -0.05) is 80.1 Å². The highest BCUT2D eigenvalue weighted by Crippen LogP contribution is 2.35. The average molecular weight is 427 g/mol. The molecule has 2 aliphatic rings. The summed E-state index contributed by atoms with van der Waals surface area (Å²) < 4.78 is 2.32. The molecule has 0 atom stereocenters. The van der Waals surface area contributed by atoms with Gasteiger partial charge in [-0.25, -0.2) is 0 Å². The first-order chi connectivity index (χ1) is 14.6. The van der Waals surface area contributed by atoms with Crippen LogP contribution in [0.2, 0.25) is 0 Å². The van der Waals surface area contributed by atoms with Gasteiger partial charge in [-0.3, -0.25) is 9.36 Å². The Kier molecular flexibility index (Phi) is 7.13. The predicted octanol–water partition coefficient (Wildman–Crippen LogP) is 5.64. The SMILES string of the molecule is Cc1ccc(-c2nnc(SCC(=O)N(C)C3CCCCC3)n2C2CCCCC2)cc1. The first-order valence-corrected chi connectivity index (χ1v) is 12.5. The van der Waals surface area contributed by atoms with Crippen LogP contribution < -0.4 is 0 Å². The summed E-state index contributed by atoms with van der Waals surface area (Å²) in [5, 5.41) is 10.0. The van der Waals surface area contributed by atoms with Gasteiger partial charge in [-0.05, 0) is 32.6 Å². The highest BCUT2D eigenvalue weighted by Gasteiger charge is 2.26. The van der Waals surface area contributed by atoms with E-state index in [-0.39, 0.29) is 5.91 Å². The van der Waals surface area contributed by atoms with Crippen LogP contribution in [0.25, 0.3) is 11.4 Å². The number of benzene rings is 1. The third-order valence-corrected chi connectivity index (χ3v) is 7.68. The molecular formula is C24H34N4OS. The Morgan fingerprint density at radius 3 is 2.30 bits per heavy atom. The van der Waals surface area contributed by atoms with Gasteiger partial charge in [0.25, 0.3) is 0 Å². The summed E-state index contributed by atoms with van der Waals surface area (Å²) in [5.41, 5.74) is 2.35. The van der Waals surface area contributed by atoms with E-state index in [0.29, 0.717) is 17.8 Å². The molecule has 1 aromatic carbocycles. The van der Waals surface area contributed by atoms with Crippen molar-refractivity contribution in [1.82, 2.24) is 19.7 Å². The third-order valence-electron chi connectivity index (χ3n) is 6.75. The molecule has 2 aliphatic carbocycles. The normalized spacial score (nSPS) is 18.5. The minimum absolute atomic E-state index is 0.210. The van der Waals surface area contributed by atoms with Gasteiger partial charge < -0.3 is 4.90 Å². The second kappa shape index (κ2) is 9.99. The maximum atomic E-state index is 12.9. The molecule has 6 heteroatoms. The lowest BCUT2D eigenvalue weighted by Gasteiger charge is -2.31. The van der Waals surface area contributed by atoms with Crippen molar-refractivity contribution in [3.05, 3.63) is 29.8 Å². The van der Waals surface area contributed by atoms with E-state index < -0.39 is 0 Å². The first-order valence-electron chi connectivity index (χ1n) is 11.5. The van der Waals surface area contributed by atoms with E-state index >= 15 is 0 Å². The van der Waals surface area contributed by atoms with E-state index in [2.05, 4.69) is 46.0 Å². The Morgan fingerprint density at radius 2 is 1.63 bits per heavy atom. The highest BCUT2D eigenvalue weighted by atomic mass is 32.2. The van der Waals surface area contributed by atoms with Gasteiger partial charge in [0.2, 0.25) is 5.91 Å². The Hall–Kier alpha value is -1.82. The molecule has 0 spiro atoms. The quantitative estimate of drug-likeness (QED) is 0.561. The number of aryl methyl sites for hydroxylation is 1. The summed E-state index contributed by atoms with van der Waals surface area (Å²) in [4.78, 5) is 14.8. The summed E-state index contributed by atoms with van der Waals surface area (Å²) >= 11 is 1.56. The molecule has 2 fully saturated rings. The number of rotatable bonds is 6. The second-order valence-electron chi connectivity index (χ2n) is 8.92. The molecular weight excluding hydrogens is 392 g/mol. The average Bonchev–Trinajstić information content (AvgIpc) is 3.22. The second-order valence-corrected chi connectivity index (χ2v) is 9.86. The maximum Gasteiger partial charge on any atom is 0.233 e. The summed E-state index contributed by atoms with van der Waals surface area (Å²) in [6.07, 6.45) is 12.2. The molecule has 4 rings (SSSR count). The lowest BCUT2D eigenvalue weighted by molar-refractivity contribution is -0.129. The number of carbonyl (C=O) groups excluding carboxylic acids is 1. The lowest BCUT2D eigenvalue weighted by Crippen LogP contribution is -2.39. The molecule has 1 heterocycles. The minimum atomic E-state index is 0.210. The number of carbonyl (C=O) groups is 1. The van der Waals surface area contributed by atoms with Crippen molar-refractivity contribution in [2.24, 2.45) is 0 Å². The number of aromatic nitrogens is 3. The van der Waals surface area contributed by atoms with E-state index in [9.17, 15) is 4.79 Å². The van der Waals surface area contributed by atoms with Crippen molar-refractivity contribution in [2.75, 3.05) is 12.8 Å². The summed E-state index contributed by atoms with van der Waals surface area (Å²) in [5.74, 6) is 1.59. The van der Waals surface area contributed by atoms with Crippen LogP contribution >= 0.6 is 11.8 Å². The zero-order valence-electron chi connectivity index (χ0n) is 18.3. The van der Waals surface area contributed by atoms with Gasteiger partial charge in [-0.2, -0.15) is 0 Å². The molecule has 5 nitrogen and oxygen atoms in total. The van der Waals surface area contributed by atoms with Gasteiger partial charge in [0, 0.05) is 24.7 Å². The molecule has 0 N–H and O–H groups in total. The molecule has 0 unspecified atom stereocenters. The molecule has 1 amide bonds. The monoisotopic (exact) mass is 426 g/mol. The van der Waals surface area contributed by atoms with Gasteiger partial charge >= 0.3 is 0 Å². The van der Waals surface area contributed by atoms with Crippen LogP contribution in [0.15, 0.2) is 29.4 Å². The lowest BCUT2D eigenvalue weighted by atomic mass is 9.94. The van der Waals surface area contributed by atoms with Crippen LogP contribution in [0.3, 0.4) is 0 Å². The van der Waals surface area contributed by atoms with Crippen LogP contribution in [0.1, 0.15) is 75.8 Å². The van der Waals surface area contributed by atoms with Crippen LogP contribution in [0, 0.1) is 6.92 Å². The Labute approximate surface area is 184 Å². The number of amides is 1. The number of hydrogen-bond acceptors (Lipinski definition) is 4. The fourth-order valence-electron chi connectivity index (χ4n) is 4.84. The Bertz CT molecular complexity index is 835. The molecule has 2 saturated carbocycles. The van der Waals surface area contributed by atoms with Crippen molar-refractivity contribution in [3.63, 3.8) is 0 Å². The van der Waals surface area contributed by atoms with Crippen LogP contribution in [0.5, 0.6) is 0 Å². The predicted molar refractivity (Wildman–Crippen MR) is 123 cm³/mol. The fourth-order valence-corrected chi connectivity index (χ4v) is 5.77. The van der Waals surface area contributed by atoms with Crippen molar-refractivity contribution in [3.8, 4) is 11.4 Å². The van der Waals surface area contributed by atoms with Gasteiger partial charge in [0.05, 0.1) is 5.75 Å². The Balaban J connectivity index is 1.52. The topological polar surface area (TPSA) is 51.0 Å². The van der Waals surface area contributed by atoms with Gasteiger partial charge in [-0.15, -0.1) is 10.2 Å². The standard InChI is InChI=1S/C24H34N4OS/c1-18-13-15-19(16-14-18)23-25-26-24(28(23)21-11-7-4-8-12-21)30-17-22(29)27(2)20-9-5-3-6-10-20/h13-16,20-21H,3-12,17H2,1-2H3. The molecule has 0 bridgehead atoms. The summed E-state index contributed by atoms with van der Waals surface area (Å²) in [6.45, 7) is 2.10. The van der Waals surface area contributed by atoms with Gasteiger partial charge in [0.1, 0.15) is 0 Å². The molecule has 1 aromatic heterocycles. The molecule has 2 aromatic rings. The van der Waals surface area contributed by atoms with E-state index in [0.717, 1.165) is 29.4 Å². The minimum Gasteiger partial charge on any atom is -0.342 e. The van der Waals surface area contributed by atoms with Gasteiger partial charge in [0.15, 0.2) is 11.0 Å². The van der Waals surface area contributed by atoms with Crippen LogP contribution in [-0.4, -0.2) is 44.4 Å². The van der Waals surface area contributed by atoms with Crippen molar-refractivity contribution in [2.45, 2.75) is 88.4 Å². The molecule has 0 saturated heterocycles. The van der Waals surface area contributed by atoms with E-state index in [4.69, 9.17) is 0 Å². The van der Waals surface area contributed by atoms with Crippen LogP contribution in [-0.2, 0) is 4.79 Å². The molecule has 0 radical (unpaired) electrons. The molecule has 162 valence electrons. The number of hydrogen-bond donors (Lipinski definition) is 0. The van der Waals surface area contributed by atoms with Crippen molar-refractivity contribution in [1.29, 1.82) is 0 Å². The molecule has 30 heavy (non-hydrogen) atoms. The first kappa shape index (κ1) is 21.4. The highest BCUT2D eigenvalue weighted by molar-refractivity contribution is 7.99.